The summed E-state index contributed by atoms with van der Waals surface area (Å²) in [6, 6.07) is 0.321. The normalized spacial score (nSPS) is 17.5. The Morgan fingerprint density at radius 2 is 2.12 bits per heavy atom. The fourth-order valence-corrected chi connectivity index (χ4v) is 1.52. The van der Waals surface area contributed by atoms with Crippen LogP contribution in [0, 0.1) is 11.8 Å². The zero-order valence-electron chi connectivity index (χ0n) is 10.8. The van der Waals surface area contributed by atoms with Crippen molar-refractivity contribution in [1.82, 2.24) is 5.32 Å². The molecule has 0 aliphatic heterocycles. The number of carbonyl (C=O) groups is 1. The zero-order chi connectivity index (χ0) is 12.0. The van der Waals surface area contributed by atoms with Crippen molar-refractivity contribution in [2.24, 2.45) is 11.8 Å². The van der Waals surface area contributed by atoms with E-state index in [0.29, 0.717) is 12.6 Å². The van der Waals surface area contributed by atoms with Gasteiger partial charge in [-0.05, 0) is 38.1 Å². The highest BCUT2D eigenvalue weighted by Gasteiger charge is 2.31. The van der Waals surface area contributed by atoms with Crippen LogP contribution in [0.5, 0.6) is 0 Å². The lowest BCUT2D eigenvalue weighted by Crippen LogP contribution is -2.35. The maximum atomic E-state index is 11.4. The number of ether oxygens (including phenoxy) is 1. The molecule has 3 heteroatoms. The molecule has 1 unspecified atom stereocenters. The van der Waals surface area contributed by atoms with E-state index in [-0.39, 0.29) is 11.9 Å². The van der Waals surface area contributed by atoms with Crippen LogP contribution in [0.4, 0.5) is 0 Å². The van der Waals surface area contributed by atoms with Crippen molar-refractivity contribution in [3.63, 3.8) is 0 Å². The highest BCUT2D eigenvalue weighted by atomic mass is 16.5. The monoisotopic (exact) mass is 227 g/mol. The molecule has 0 bridgehead atoms. The van der Waals surface area contributed by atoms with Crippen LogP contribution in [0.1, 0.15) is 46.5 Å². The van der Waals surface area contributed by atoms with E-state index in [9.17, 15) is 4.79 Å². The molecule has 0 heterocycles. The van der Waals surface area contributed by atoms with Gasteiger partial charge in [0.1, 0.15) is 6.61 Å². The van der Waals surface area contributed by atoms with Crippen molar-refractivity contribution in [2.75, 3.05) is 13.2 Å². The smallest absolute Gasteiger partial charge is 0.308 e. The van der Waals surface area contributed by atoms with E-state index in [2.05, 4.69) is 26.1 Å². The molecular formula is C13H25NO2. The molecule has 0 aromatic rings. The van der Waals surface area contributed by atoms with Gasteiger partial charge < -0.3 is 10.1 Å². The summed E-state index contributed by atoms with van der Waals surface area (Å²) in [6.45, 7) is 8.10. The second kappa shape index (κ2) is 6.89. The van der Waals surface area contributed by atoms with E-state index in [1.165, 1.54) is 6.42 Å². The molecule has 1 fully saturated rings. The van der Waals surface area contributed by atoms with E-state index in [1.807, 2.05) is 0 Å². The van der Waals surface area contributed by atoms with E-state index in [4.69, 9.17) is 4.74 Å². The van der Waals surface area contributed by atoms with Crippen LogP contribution in [-0.2, 0) is 9.53 Å². The van der Waals surface area contributed by atoms with Crippen LogP contribution in [0.3, 0.4) is 0 Å². The molecular weight excluding hydrogens is 202 g/mol. The number of hydrogen-bond donors (Lipinski definition) is 1. The minimum atomic E-state index is 0.00381. The van der Waals surface area contributed by atoms with Gasteiger partial charge in [0.15, 0.2) is 0 Å². The summed E-state index contributed by atoms with van der Waals surface area (Å²) >= 11 is 0. The SMILES string of the molecule is CCC(COC(=O)C1CC1)NCCC(C)C. The predicted octanol–water partition coefficient (Wildman–Crippen LogP) is 2.35. The lowest BCUT2D eigenvalue weighted by Gasteiger charge is -2.17. The molecule has 0 saturated heterocycles. The summed E-state index contributed by atoms with van der Waals surface area (Å²) in [5, 5.41) is 3.44. The molecule has 1 aliphatic carbocycles. The summed E-state index contributed by atoms with van der Waals surface area (Å²) in [7, 11) is 0. The van der Waals surface area contributed by atoms with Crippen LogP contribution >= 0.6 is 0 Å². The van der Waals surface area contributed by atoms with Crippen molar-refractivity contribution in [3.05, 3.63) is 0 Å². The molecule has 16 heavy (non-hydrogen) atoms. The number of hydrogen-bond acceptors (Lipinski definition) is 3. The summed E-state index contributed by atoms with van der Waals surface area (Å²) in [5.74, 6) is 0.941. The Bertz CT molecular complexity index is 212. The minimum absolute atomic E-state index is 0.00381. The lowest BCUT2D eigenvalue weighted by atomic mass is 10.1. The molecule has 1 saturated carbocycles. The van der Waals surface area contributed by atoms with E-state index in [0.717, 1.165) is 31.7 Å². The molecule has 1 atom stereocenters. The molecule has 3 nitrogen and oxygen atoms in total. The Kier molecular flexibility index (Phi) is 5.81. The van der Waals surface area contributed by atoms with Gasteiger partial charge in [-0.25, -0.2) is 0 Å². The first-order valence-electron chi connectivity index (χ1n) is 6.53. The van der Waals surface area contributed by atoms with Gasteiger partial charge in [0.25, 0.3) is 0 Å². The van der Waals surface area contributed by atoms with Crippen molar-refractivity contribution in [1.29, 1.82) is 0 Å². The second-order valence-corrected chi connectivity index (χ2v) is 5.15. The number of rotatable bonds is 8. The second-order valence-electron chi connectivity index (χ2n) is 5.15. The van der Waals surface area contributed by atoms with Crippen molar-refractivity contribution in [3.8, 4) is 0 Å². The predicted molar refractivity (Wildman–Crippen MR) is 65.2 cm³/mol. The fourth-order valence-electron chi connectivity index (χ4n) is 1.52. The number of esters is 1. The van der Waals surface area contributed by atoms with Crippen molar-refractivity contribution < 1.29 is 9.53 Å². The van der Waals surface area contributed by atoms with Crippen LogP contribution in [0.2, 0.25) is 0 Å². The zero-order valence-corrected chi connectivity index (χ0v) is 10.8. The van der Waals surface area contributed by atoms with Gasteiger partial charge >= 0.3 is 5.97 Å². The highest BCUT2D eigenvalue weighted by Crippen LogP contribution is 2.30. The molecule has 1 aliphatic rings. The number of nitrogens with one attached hydrogen (secondary N) is 1. The minimum Gasteiger partial charge on any atom is -0.464 e. The molecule has 94 valence electrons. The van der Waals surface area contributed by atoms with Crippen LogP contribution < -0.4 is 5.32 Å². The first-order chi connectivity index (χ1) is 7.63. The molecule has 1 N–H and O–H groups in total. The van der Waals surface area contributed by atoms with E-state index >= 15 is 0 Å². The molecule has 0 amide bonds. The van der Waals surface area contributed by atoms with Gasteiger partial charge in [-0.15, -0.1) is 0 Å². The molecule has 0 aromatic heterocycles. The van der Waals surface area contributed by atoms with Gasteiger partial charge in [-0.3, -0.25) is 4.79 Å². The number of carbonyl (C=O) groups excluding carboxylic acids is 1. The van der Waals surface area contributed by atoms with Gasteiger partial charge in [-0.1, -0.05) is 20.8 Å². The van der Waals surface area contributed by atoms with Crippen LogP contribution in [0.15, 0.2) is 0 Å². The van der Waals surface area contributed by atoms with Gasteiger partial charge in [0.05, 0.1) is 5.92 Å². The Labute approximate surface area is 98.9 Å². The largest absolute Gasteiger partial charge is 0.464 e. The maximum Gasteiger partial charge on any atom is 0.308 e. The molecule has 0 radical (unpaired) electrons. The summed E-state index contributed by atoms with van der Waals surface area (Å²) in [6.07, 6.45) is 4.23. The highest BCUT2D eigenvalue weighted by molar-refractivity contribution is 5.74. The average molecular weight is 227 g/mol. The van der Waals surface area contributed by atoms with E-state index < -0.39 is 0 Å². The van der Waals surface area contributed by atoms with Crippen LogP contribution in [-0.4, -0.2) is 25.2 Å². The van der Waals surface area contributed by atoms with Crippen LogP contribution in [0.25, 0.3) is 0 Å². The van der Waals surface area contributed by atoms with E-state index in [1.54, 1.807) is 0 Å². The maximum absolute atomic E-state index is 11.4. The average Bonchev–Trinajstić information content (AvgIpc) is 3.05. The van der Waals surface area contributed by atoms with Gasteiger partial charge in [0, 0.05) is 6.04 Å². The lowest BCUT2D eigenvalue weighted by molar-refractivity contribution is -0.145. The standard InChI is InChI=1S/C13H25NO2/c1-4-12(14-8-7-10(2)3)9-16-13(15)11-5-6-11/h10-12,14H,4-9H2,1-3H3. The van der Waals surface area contributed by atoms with Gasteiger partial charge in [-0.2, -0.15) is 0 Å². The fraction of sp³-hybridized carbons (Fsp3) is 0.923. The Morgan fingerprint density at radius 3 is 2.62 bits per heavy atom. The third-order valence-corrected chi connectivity index (χ3v) is 2.98. The Balaban J connectivity index is 2.08. The first-order valence-corrected chi connectivity index (χ1v) is 6.53. The topological polar surface area (TPSA) is 38.3 Å². The third-order valence-electron chi connectivity index (χ3n) is 2.98. The van der Waals surface area contributed by atoms with Gasteiger partial charge in [0.2, 0.25) is 0 Å². The Hall–Kier alpha value is -0.570. The quantitative estimate of drug-likeness (QED) is 0.647. The molecule has 0 aromatic carbocycles. The summed E-state index contributed by atoms with van der Waals surface area (Å²) < 4.78 is 5.28. The first kappa shape index (κ1) is 13.5. The van der Waals surface area contributed by atoms with Crippen molar-refractivity contribution >= 4 is 5.97 Å². The molecule has 1 rings (SSSR count). The molecule has 0 spiro atoms. The Morgan fingerprint density at radius 1 is 1.44 bits per heavy atom. The van der Waals surface area contributed by atoms with Crippen molar-refractivity contribution in [2.45, 2.75) is 52.5 Å². The summed E-state index contributed by atoms with van der Waals surface area (Å²) in [5.41, 5.74) is 0. The third kappa shape index (κ3) is 5.50. The summed E-state index contributed by atoms with van der Waals surface area (Å²) in [4.78, 5) is 11.4.